The van der Waals surface area contributed by atoms with Crippen LogP contribution in [-0.2, 0) is 0 Å². The fraction of sp³-hybridized carbons (Fsp3) is 0. The first kappa shape index (κ1) is 19.9. The molecule has 0 aliphatic heterocycles. The zero-order valence-corrected chi connectivity index (χ0v) is 20.3. The molecule has 0 radical (unpaired) electrons. The molecule has 8 rings (SSSR count). The molecular formula is C34H21NS. The van der Waals surface area contributed by atoms with Crippen LogP contribution in [0.2, 0.25) is 0 Å². The monoisotopic (exact) mass is 475 g/mol. The zero-order chi connectivity index (χ0) is 23.6. The summed E-state index contributed by atoms with van der Waals surface area (Å²) in [7, 11) is 0. The van der Waals surface area contributed by atoms with Crippen LogP contribution in [0.25, 0.3) is 75.0 Å². The number of benzene rings is 6. The van der Waals surface area contributed by atoms with Gasteiger partial charge >= 0.3 is 0 Å². The lowest BCUT2D eigenvalue weighted by Gasteiger charge is -2.05. The second-order valence-corrected chi connectivity index (χ2v) is 10.5. The molecule has 168 valence electrons. The van der Waals surface area contributed by atoms with Crippen molar-refractivity contribution in [3.8, 4) is 22.3 Å². The molecule has 0 atom stereocenters. The summed E-state index contributed by atoms with van der Waals surface area (Å²) >= 11 is 1.90. The van der Waals surface area contributed by atoms with Crippen molar-refractivity contribution in [1.82, 2.24) is 4.98 Å². The van der Waals surface area contributed by atoms with Gasteiger partial charge in [0, 0.05) is 42.0 Å². The number of hydrogen-bond donors (Lipinski definition) is 1. The Kier molecular flexibility index (Phi) is 4.16. The molecule has 0 amide bonds. The molecule has 0 bridgehead atoms. The van der Waals surface area contributed by atoms with Gasteiger partial charge in [0.05, 0.1) is 0 Å². The maximum atomic E-state index is 3.67. The average molecular weight is 476 g/mol. The standard InChI is InChI=1S/C34H21NS/c1-2-6-21(7-3-1)22-10-12-23(13-11-22)25-15-19-31-28(20-25)27-16-18-30-33(34(27)36-31)32-26-9-5-4-8-24(26)14-17-29(32)35-30/h1-20,35H. The van der Waals surface area contributed by atoms with Crippen LogP contribution in [0.3, 0.4) is 0 Å². The summed E-state index contributed by atoms with van der Waals surface area (Å²) in [4.78, 5) is 3.67. The van der Waals surface area contributed by atoms with Gasteiger partial charge in [-0.05, 0) is 57.3 Å². The van der Waals surface area contributed by atoms with Gasteiger partial charge in [0.2, 0.25) is 0 Å². The first-order valence-corrected chi connectivity index (χ1v) is 13.1. The van der Waals surface area contributed by atoms with Gasteiger partial charge in [-0.15, -0.1) is 11.3 Å². The lowest BCUT2D eigenvalue weighted by atomic mass is 9.98. The van der Waals surface area contributed by atoms with Gasteiger partial charge in [-0.2, -0.15) is 0 Å². The number of hydrogen-bond acceptors (Lipinski definition) is 1. The minimum Gasteiger partial charge on any atom is -0.354 e. The van der Waals surface area contributed by atoms with E-state index in [-0.39, 0.29) is 0 Å². The Balaban J connectivity index is 1.33. The molecule has 2 aromatic heterocycles. The number of rotatable bonds is 2. The maximum Gasteiger partial charge on any atom is 0.0479 e. The van der Waals surface area contributed by atoms with Gasteiger partial charge in [-0.3, -0.25) is 0 Å². The van der Waals surface area contributed by atoms with Crippen LogP contribution in [0.4, 0.5) is 0 Å². The predicted molar refractivity (Wildman–Crippen MR) is 157 cm³/mol. The van der Waals surface area contributed by atoms with Crippen molar-refractivity contribution in [2.45, 2.75) is 0 Å². The molecule has 2 heteroatoms. The SMILES string of the molecule is c1ccc(-c2ccc(-c3ccc4sc5c(ccc6[nH]c7ccc8ccccc8c7c65)c4c3)cc2)cc1. The van der Waals surface area contributed by atoms with Gasteiger partial charge in [0.15, 0.2) is 0 Å². The van der Waals surface area contributed by atoms with Gasteiger partial charge in [0.1, 0.15) is 0 Å². The molecule has 0 fully saturated rings. The van der Waals surface area contributed by atoms with E-state index in [9.17, 15) is 0 Å². The van der Waals surface area contributed by atoms with Crippen molar-refractivity contribution in [2.75, 3.05) is 0 Å². The Bertz CT molecular complexity index is 2080. The van der Waals surface area contributed by atoms with E-state index in [0.717, 1.165) is 0 Å². The number of fused-ring (bicyclic) bond motifs is 9. The van der Waals surface area contributed by atoms with Crippen molar-refractivity contribution in [3.05, 3.63) is 121 Å². The molecule has 36 heavy (non-hydrogen) atoms. The minimum absolute atomic E-state index is 1.20. The van der Waals surface area contributed by atoms with E-state index in [4.69, 9.17) is 0 Å². The highest BCUT2D eigenvalue weighted by atomic mass is 32.1. The van der Waals surface area contributed by atoms with Gasteiger partial charge in [0.25, 0.3) is 0 Å². The van der Waals surface area contributed by atoms with Crippen molar-refractivity contribution < 1.29 is 0 Å². The van der Waals surface area contributed by atoms with Gasteiger partial charge in [-0.1, -0.05) is 97.1 Å². The average Bonchev–Trinajstić information content (AvgIpc) is 3.51. The maximum absolute atomic E-state index is 3.67. The fourth-order valence-corrected chi connectivity index (χ4v) is 6.88. The van der Waals surface area contributed by atoms with Crippen LogP contribution < -0.4 is 0 Å². The lowest BCUT2D eigenvalue weighted by molar-refractivity contribution is 1.56. The van der Waals surface area contributed by atoms with Crippen molar-refractivity contribution >= 4 is 64.1 Å². The number of nitrogens with one attached hydrogen (secondary N) is 1. The molecule has 0 aliphatic carbocycles. The first-order chi connectivity index (χ1) is 17.8. The predicted octanol–water partition coefficient (Wildman–Crippen LogP) is 10.2. The molecule has 0 unspecified atom stereocenters. The number of aromatic nitrogens is 1. The molecule has 6 aromatic carbocycles. The van der Waals surface area contributed by atoms with Crippen LogP contribution in [0.5, 0.6) is 0 Å². The summed E-state index contributed by atoms with van der Waals surface area (Å²) in [6, 6.07) is 44.1. The molecule has 1 N–H and O–H groups in total. The Morgan fingerprint density at radius 3 is 1.97 bits per heavy atom. The topological polar surface area (TPSA) is 15.8 Å². The summed E-state index contributed by atoms with van der Waals surface area (Å²) in [5.74, 6) is 0. The molecule has 0 aliphatic rings. The van der Waals surface area contributed by atoms with E-state index >= 15 is 0 Å². The van der Waals surface area contributed by atoms with Gasteiger partial charge in [-0.25, -0.2) is 0 Å². The molecule has 2 heterocycles. The molecule has 1 nitrogen and oxygen atoms in total. The van der Waals surface area contributed by atoms with Crippen molar-refractivity contribution in [3.63, 3.8) is 0 Å². The van der Waals surface area contributed by atoms with Gasteiger partial charge < -0.3 is 4.98 Å². The quantitative estimate of drug-likeness (QED) is 0.256. The van der Waals surface area contributed by atoms with Crippen LogP contribution in [0.15, 0.2) is 121 Å². The van der Waals surface area contributed by atoms with E-state index in [1.165, 1.54) is 75.0 Å². The number of thiophene rings is 1. The van der Waals surface area contributed by atoms with E-state index in [0.29, 0.717) is 0 Å². The molecule has 8 aromatic rings. The van der Waals surface area contributed by atoms with Crippen LogP contribution >= 0.6 is 11.3 Å². The highest BCUT2D eigenvalue weighted by Gasteiger charge is 2.15. The number of H-pyrrole nitrogens is 1. The van der Waals surface area contributed by atoms with Crippen LogP contribution in [0, 0.1) is 0 Å². The first-order valence-electron chi connectivity index (χ1n) is 12.3. The molecular weight excluding hydrogens is 454 g/mol. The third-order valence-electron chi connectivity index (χ3n) is 7.41. The summed E-state index contributed by atoms with van der Waals surface area (Å²) in [6.07, 6.45) is 0. The molecule has 0 saturated heterocycles. The third-order valence-corrected chi connectivity index (χ3v) is 8.62. The van der Waals surface area contributed by atoms with E-state index in [1.807, 2.05) is 11.3 Å². The second kappa shape index (κ2) is 7.55. The second-order valence-electron chi connectivity index (χ2n) is 9.46. The summed E-state index contributed by atoms with van der Waals surface area (Å²) < 4.78 is 2.69. The largest absolute Gasteiger partial charge is 0.354 e. The van der Waals surface area contributed by atoms with Crippen LogP contribution in [0.1, 0.15) is 0 Å². The van der Waals surface area contributed by atoms with E-state index in [2.05, 4.69) is 126 Å². The highest BCUT2D eigenvalue weighted by molar-refractivity contribution is 7.26. The Labute approximate surface area is 212 Å². The smallest absolute Gasteiger partial charge is 0.0479 e. The lowest BCUT2D eigenvalue weighted by Crippen LogP contribution is -1.80. The zero-order valence-electron chi connectivity index (χ0n) is 19.5. The highest BCUT2D eigenvalue weighted by Crippen LogP contribution is 2.44. The summed E-state index contributed by atoms with van der Waals surface area (Å²) in [5, 5.41) is 7.93. The third kappa shape index (κ3) is 2.89. The minimum atomic E-state index is 1.20. The fourth-order valence-electron chi connectivity index (χ4n) is 5.65. The van der Waals surface area contributed by atoms with Crippen molar-refractivity contribution in [1.29, 1.82) is 0 Å². The van der Waals surface area contributed by atoms with E-state index < -0.39 is 0 Å². The molecule has 0 spiro atoms. The summed E-state index contributed by atoms with van der Waals surface area (Å²) in [6.45, 7) is 0. The molecule has 0 saturated carbocycles. The Morgan fingerprint density at radius 2 is 1.11 bits per heavy atom. The van der Waals surface area contributed by atoms with E-state index in [1.54, 1.807) is 0 Å². The number of aromatic amines is 1. The normalized spacial score (nSPS) is 11.9. The Hall–Kier alpha value is -4.40. The van der Waals surface area contributed by atoms with Crippen LogP contribution in [-0.4, -0.2) is 4.98 Å². The van der Waals surface area contributed by atoms with Crippen molar-refractivity contribution in [2.24, 2.45) is 0 Å². The summed E-state index contributed by atoms with van der Waals surface area (Å²) in [5.41, 5.74) is 7.40. The Morgan fingerprint density at radius 1 is 0.444 bits per heavy atom.